The van der Waals surface area contributed by atoms with Crippen LogP contribution in [0.4, 0.5) is 0 Å². The molecule has 0 saturated carbocycles. The molecule has 1 aliphatic heterocycles. The van der Waals surface area contributed by atoms with Gasteiger partial charge in [-0.3, -0.25) is 4.90 Å². The van der Waals surface area contributed by atoms with Crippen molar-refractivity contribution in [2.24, 2.45) is 5.92 Å². The average molecular weight is 182 g/mol. The summed E-state index contributed by atoms with van der Waals surface area (Å²) in [6, 6.07) is 0. The van der Waals surface area contributed by atoms with Crippen LogP contribution in [-0.4, -0.2) is 38.1 Å². The van der Waals surface area contributed by atoms with Crippen molar-refractivity contribution in [3.05, 3.63) is 12.2 Å². The van der Waals surface area contributed by atoms with Crippen LogP contribution in [0, 0.1) is 5.92 Å². The van der Waals surface area contributed by atoms with Crippen molar-refractivity contribution >= 4 is 0 Å². The summed E-state index contributed by atoms with van der Waals surface area (Å²) in [4.78, 5) is 2.52. The second kappa shape index (κ2) is 5.40. The first kappa shape index (κ1) is 10.7. The standard InChI is InChI=1S/C11H22N2/c1-4-10(2)8-13-6-5-11(9-13)7-12-3/h11-12H,2,4-9H2,1,3H3. The SMILES string of the molecule is C=C(CC)CN1CCC(CNC)C1. The Morgan fingerprint density at radius 1 is 1.62 bits per heavy atom. The van der Waals surface area contributed by atoms with Crippen LogP contribution < -0.4 is 5.32 Å². The third-order valence-corrected chi connectivity index (χ3v) is 2.81. The monoisotopic (exact) mass is 182 g/mol. The molecule has 1 aliphatic rings. The molecule has 2 heteroatoms. The average Bonchev–Trinajstić information content (AvgIpc) is 2.53. The number of nitrogens with one attached hydrogen (secondary N) is 1. The van der Waals surface area contributed by atoms with Gasteiger partial charge >= 0.3 is 0 Å². The molecule has 0 spiro atoms. The summed E-state index contributed by atoms with van der Waals surface area (Å²) in [6.45, 7) is 11.0. The highest BCUT2D eigenvalue weighted by Gasteiger charge is 2.21. The number of rotatable bonds is 5. The summed E-state index contributed by atoms with van der Waals surface area (Å²) in [5, 5.41) is 3.25. The molecule has 76 valence electrons. The molecule has 1 atom stereocenters. The minimum atomic E-state index is 0.856. The lowest BCUT2D eigenvalue weighted by molar-refractivity contribution is 0.347. The predicted octanol–water partition coefficient (Wildman–Crippen LogP) is 1.49. The van der Waals surface area contributed by atoms with Gasteiger partial charge in [0.15, 0.2) is 0 Å². The van der Waals surface area contributed by atoms with E-state index in [1.54, 1.807) is 0 Å². The molecule has 2 nitrogen and oxygen atoms in total. The predicted molar refractivity (Wildman–Crippen MR) is 57.9 cm³/mol. The molecular weight excluding hydrogens is 160 g/mol. The number of nitrogens with zero attached hydrogens (tertiary/aromatic N) is 1. The van der Waals surface area contributed by atoms with E-state index >= 15 is 0 Å². The summed E-state index contributed by atoms with van der Waals surface area (Å²) in [6.07, 6.45) is 2.46. The fourth-order valence-corrected chi connectivity index (χ4v) is 1.94. The van der Waals surface area contributed by atoms with Gasteiger partial charge in [-0.2, -0.15) is 0 Å². The molecule has 0 radical (unpaired) electrons. The van der Waals surface area contributed by atoms with Crippen molar-refractivity contribution in [3.63, 3.8) is 0 Å². The molecule has 1 N–H and O–H groups in total. The van der Waals surface area contributed by atoms with Gasteiger partial charge in [-0.15, -0.1) is 0 Å². The van der Waals surface area contributed by atoms with E-state index in [0.29, 0.717) is 0 Å². The van der Waals surface area contributed by atoms with Crippen LogP contribution in [0.2, 0.25) is 0 Å². The van der Waals surface area contributed by atoms with E-state index in [1.807, 2.05) is 7.05 Å². The third kappa shape index (κ3) is 3.49. The molecule has 0 aliphatic carbocycles. The molecule has 0 amide bonds. The first-order valence-corrected chi connectivity index (χ1v) is 5.29. The number of hydrogen-bond donors (Lipinski definition) is 1. The summed E-state index contributed by atoms with van der Waals surface area (Å²) in [7, 11) is 2.04. The molecule has 0 bridgehead atoms. The smallest absolute Gasteiger partial charge is 0.0190 e. The Labute approximate surface area is 82.0 Å². The zero-order chi connectivity index (χ0) is 9.68. The van der Waals surface area contributed by atoms with Crippen LogP contribution in [0.3, 0.4) is 0 Å². The lowest BCUT2D eigenvalue weighted by Gasteiger charge is -2.16. The normalized spacial score (nSPS) is 23.7. The maximum absolute atomic E-state index is 4.05. The van der Waals surface area contributed by atoms with Gasteiger partial charge in [0.1, 0.15) is 0 Å². The molecule has 1 rings (SSSR count). The zero-order valence-electron chi connectivity index (χ0n) is 8.97. The van der Waals surface area contributed by atoms with E-state index in [9.17, 15) is 0 Å². The Bertz CT molecular complexity index is 165. The van der Waals surface area contributed by atoms with Crippen molar-refractivity contribution in [1.29, 1.82) is 0 Å². The van der Waals surface area contributed by atoms with Crippen molar-refractivity contribution in [2.45, 2.75) is 19.8 Å². The van der Waals surface area contributed by atoms with E-state index < -0.39 is 0 Å². The lowest BCUT2D eigenvalue weighted by Crippen LogP contribution is -2.26. The van der Waals surface area contributed by atoms with Crippen molar-refractivity contribution in [3.8, 4) is 0 Å². The molecule has 1 heterocycles. The maximum atomic E-state index is 4.05. The van der Waals surface area contributed by atoms with Crippen LogP contribution in [0.25, 0.3) is 0 Å². The van der Waals surface area contributed by atoms with Crippen LogP contribution >= 0.6 is 0 Å². The first-order chi connectivity index (χ1) is 6.26. The van der Waals surface area contributed by atoms with Crippen molar-refractivity contribution in [1.82, 2.24) is 10.2 Å². The number of likely N-dealkylation sites (tertiary alicyclic amines) is 1. The highest BCUT2D eigenvalue weighted by molar-refractivity contribution is 4.97. The summed E-state index contributed by atoms with van der Waals surface area (Å²) in [5.41, 5.74) is 1.37. The largest absolute Gasteiger partial charge is 0.319 e. The summed E-state index contributed by atoms with van der Waals surface area (Å²) < 4.78 is 0. The second-order valence-corrected chi connectivity index (χ2v) is 4.05. The van der Waals surface area contributed by atoms with Gasteiger partial charge in [0, 0.05) is 13.1 Å². The molecule has 0 aromatic rings. The Morgan fingerprint density at radius 3 is 3.00 bits per heavy atom. The van der Waals surface area contributed by atoms with E-state index in [0.717, 1.165) is 25.4 Å². The van der Waals surface area contributed by atoms with Crippen molar-refractivity contribution < 1.29 is 0 Å². The molecule has 0 aromatic carbocycles. The van der Waals surface area contributed by atoms with Crippen molar-refractivity contribution in [2.75, 3.05) is 33.2 Å². The Morgan fingerprint density at radius 2 is 2.38 bits per heavy atom. The third-order valence-electron chi connectivity index (χ3n) is 2.81. The molecular formula is C11H22N2. The van der Waals surface area contributed by atoms with E-state index in [-0.39, 0.29) is 0 Å². The maximum Gasteiger partial charge on any atom is 0.0190 e. The van der Waals surface area contributed by atoms with Crippen LogP contribution in [-0.2, 0) is 0 Å². The minimum Gasteiger partial charge on any atom is -0.319 e. The highest BCUT2D eigenvalue weighted by Crippen LogP contribution is 2.16. The molecule has 13 heavy (non-hydrogen) atoms. The van der Waals surface area contributed by atoms with E-state index in [2.05, 4.69) is 23.7 Å². The topological polar surface area (TPSA) is 15.3 Å². The van der Waals surface area contributed by atoms with E-state index in [4.69, 9.17) is 0 Å². The fraction of sp³-hybridized carbons (Fsp3) is 0.818. The van der Waals surface area contributed by atoms with Gasteiger partial charge in [0.05, 0.1) is 0 Å². The summed E-state index contributed by atoms with van der Waals surface area (Å²) in [5.74, 6) is 0.856. The van der Waals surface area contributed by atoms with Gasteiger partial charge in [-0.25, -0.2) is 0 Å². The Kier molecular flexibility index (Phi) is 4.46. The second-order valence-electron chi connectivity index (χ2n) is 4.05. The van der Waals surface area contributed by atoms with Crippen LogP contribution in [0.1, 0.15) is 19.8 Å². The van der Waals surface area contributed by atoms with Crippen LogP contribution in [0.5, 0.6) is 0 Å². The summed E-state index contributed by atoms with van der Waals surface area (Å²) >= 11 is 0. The van der Waals surface area contributed by atoms with E-state index in [1.165, 1.54) is 25.1 Å². The van der Waals surface area contributed by atoms with Gasteiger partial charge in [-0.1, -0.05) is 19.1 Å². The molecule has 1 fully saturated rings. The lowest BCUT2D eigenvalue weighted by atomic mass is 10.1. The minimum absolute atomic E-state index is 0.856. The van der Waals surface area contributed by atoms with Gasteiger partial charge in [0.25, 0.3) is 0 Å². The molecule has 0 aromatic heterocycles. The first-order valence-electron chi connectivity index (χ1n) is 5.29. The molecule has 1 saturated heterocycles. The molecule has 1 unspecified atom stereocenters. The van der Waals surface area contributed by atoms with Crippen LogP contribution in [0.15, 0.2) is 12.2 Å². The Balaban J connectivity index is 2.20. The fourth-order valence-electron chi connectivity index (χ4n) is 1.94. The van der Waals surface area contributed by atoms with Gasteiger partial charge < -0.3 is 5.32 Å². The van der Waals surface area contributed by atoms with Gasteiger partial charge in [-0.05, 0) is 38.9 Å². The quantitative estimate of drug-likeness (QED) is 0.648. The van der Waals surface area contributed by atoms with Gasteiger partial charge in [0.2, 0.25) is 0 Å². The number of hydrogen-bond acceptors (Lipinski definition) is 2. The Hall–Kier alpha value is -0.340. The highest BCUT2D eigenvalue weighted by atomic mass is 15.1. The zero-order valence-corrected chi connectivity index (χ0v) is 8.97.